The van der Waals surface area contributed by atoms with E-state index >= 15 is 0 Å². The molecule has 0 aliphatic carbocycles. The molecule has 0 unspecified atom stereocenters. The molecule has 1 aromatic carbocycles. The molecule has 12 heteroatoms. The van der Waals surface area contributed by atoms with Crippen molar-refractivity contribution in [2.24, 2.45) is 0 Å². The summed E-state index contributed by atoms with van der Waals surface area (Å²) in [7, 11) is -5.81. The fourth-order valence-corrected chi connectivity index (χ4v) is 2.19. The maximum atomic E-state index is 12.3. The van der Waals surface area contributed by atoms with Crippen molar-refractivity contribution >= 4 is 22.2 Å². The Kier molecular flexibility index (Phi) is 6.70. The van der Waals surface area contributed by atoms with Gasteiger partial charge in [0.15, 0.2) is 0 Å². The van der Waals surface area contributed by atoms with Gasteiger partial charge in [-0.1, -0.05) is 12.1 Å². The Morgan fingerprint density at radius 1 is 1.15 bits per heavy atom. The summed E-state index contributed by atoms with van der Waals surface area (Å²) in [6, 6.07) is 2.64. The first-order chi connectivity index (χ1) is 12.1. The highest BCUT2D eigenvalue weighted by Crippen LogP contribution is 2.27. The van der Waals surface area contributed by atoms with Gasteiger partial charge in [0, 0.05) is 0 Å². The lowest BCUT2D eigenvalue weighted by molar-refractivity contribution is -0.308. The molecule has 0 bridgehead atoms. The first kappa shape index (κ1) is 22.5. The molecule has 0 aliphatic rings. The van der Waals surface area contributed by atoms with Crippen LogP contribution in [-0.2, 0) is 26.1 Å². The molecule has 1 N–H and O–H groups in total. The van der Waals surface area contributed by atoms with Crippen LogP contribution in [0.1, 0.15) is 26.3 Å². The van der Waals surface area contributed by atoms with Crippen LogP contribution in [0.25, 0.3) is 0 Å². The smallest absolute Gasteiger partial charge is 0.534 e. The molecule has 1 atom stereocenters. The summed E-state index contributed by atoms with van der Waals surface area (Å²) >= 11 is 0. The van der Waals surface area contributed by atoms with Gasteiger partial charge in [0.1, 0.15) is 11.4 Å². The third kappa shape index (κ3) is 7.33. The molecular weight excluding hydrogens is 395 g/mol. The molecule has 1 rings (SSSR count). The van der Waals surface area contributed by atoms with Crippen molar-refractivity contribution in [1.82, 2.24) is 5.32 Å². The van der Waals surface area contributed by atoms with E-state index in [1.807, 2.05) is 0 Å². The topological polar surface area (TPSA) is 122 Å². The molecule has 0 heterocycles. The Hall–Kier alpha value is -2.50. The van der Waals surface area contributed by atoms with Crippen LogP contribution < -0.4 is 14.6 Å². The summed E-state index contributed by atoms with van der Waals surface area (Å²) in [6.45, 7) is 4.73. The van der Waals surface area contributed by atoms with Crippen LogP contribution in [-0.4, -0.2) is 37.6 Å². The minimum absolute atomic E-state index is 0.261. The Labute approximate surface area is 153 Å². The number of benzene rings is 1. The van der Waals surface area contributed by atoms with Crippen LogP contribution in [0.4, 0.5) is 18.0 Å². The third-order valence-corrected chi connectivity index (χ3v) is 3.81. The number of alkyl carbamates (subject to hydrolysis) is 1. The molecule has 27 heavy (non-hydrogen) atoms. The van der Waals surface area contributed by atoms with E-state index < -0.39 is 45.1 Å². The number of aliphatic carboxylic acids is 1. The van der Waals surface area contributed by atoms with E-state index in [0.29, 0.717) is 0 Å². The van der Waals surface area contributed by atoms with E-state index in [4.69, 9.17) is 4.74 Å². The van der Waals surface area contributed by atoms with Crippen LogP contribution in [0.3, 0.4) is 0 Å². The van der Waals surface area contributed by atoms with Crippen molar-refractivity contribution < 1.29 is 45.2 Å². The standard InChI is InChI=1S/C15H18F3NO7S/c1-14(2,3)25-13(22)19-11(12(20)21)8-9-4-6-10(7-5-9)26-27(23,24)15(16,17)18/h4-7,11H,8H2,1-3H3,(H,19,22)(H,20,21)/p-1/t11-/m0/s1. The number of rotatable bonds is 6. The van der Waals surface area contributed by atoms with E-state index in [2.05, 4.69) is 9.50 Å². The van der Waals surface area contributed by atoms with Crippen molar-refractivity contribution in [2.75, 3.05) is 0 Å². The molecule has 1 amide bonds. The van der Waals surface area contributed by atoms with Crippen molar-refractivity contribution in [3.63, 3.8) is 0 Å². The van der Waals surface area contributed by atoms with Crippen LogP contribution in [0.5, 0.6) is 5.75 Å². The van der Waals surface area contributed by atoms with E-state index in [9.17, 15) is 36.3 Å². The monoisotopic (exact) mass is 412 g/mol. The van der Waals surface area contributed by atoms with Gasteiger partial charge in [-0.15, -0.1) is 0 Å². The second-order valence-electron chi connectivity index (χ2n) is 6.35. The normalized spacial score (nSPS) is 13.6. The maximum Gasteiger partial charge on any atom is 0.534 e. The summed E-state index contributed by atoms with van der Waals surface area (Å²) in [6.07, 6.45) is -1.28. The number of ether oxygens (including phenoxy) is 1. The number of amides is 1. The van der Waals surface area contributed by atoms with Gasteiger partial charge in [-0.3, -0.25) is 0 Å². The molecule has 0 aromatic heterocycles. The van der Waals surface area contributed by atoms with Crippen LogP contribution in [0.15, 0.2) is 24.3 Å². The maximum absolute atomic E-state index is 12.3. The number of hydrogen-bond donors (Lipinski definition) is 1. The lowest BCUT2D eigenvalue weighted by atomic mass is 10.1. The highest BCUT2D eigenvalue weighted by molar-refractivity contribution is 7.88. The molecule has 0 radical (unpaired) electrons. The average Bonchev–Trinajstić information content (AvgIpc) is 2.45. The number of carboxylic acid groups (broad SMARTS) is 1. The second kappa shape index (κ2) is 8.03. The van der Waals surface area contributed by atoms with E-state index in [1.54, 1.807) is 20.8 Å². The number of halogens is 3. The molecule has 0 aliphatic heterocycles. The SMILES string of the molecule is CC(C)(C)OC(=O)N[C@@H](Cc1ccc(OS(=O)(=O)C(F)(F)F)cc1)C(=O)[O-]. The molecule has 152 valence electrons. The van der Waals surface area contributed by atoms with Gasteiger partial charge in [0.2, 0.25) is 0 Å². The summed E-state index contributed by atoms with van der Waals surface area (Å²) in [4.78, 5) is 22.8. The molecule has 0 saturated carbocycles. The number of hydrogen-bond acceptors (Lipinski definition) is 7. The first-order valence-corrected chi connectivity index (χ1v) is 8.81. The zero-order valence-corrected chi connectivity index (χ0v) is 15.3. The van der Waals surface area contributed by atoms with Crippen molar-refractivity contribution in [3.05, 3.63) is 29.8 Å². The van der Waals surface area contributed by atoms with Gasteiger partial charge in [-0.05, 0) is 44.9 Å². The summed E-state index contributed by atoms with van der Waals surface area (Å²) in [5.41, 5.74) is -6.18. The Morgan fingerprint density at radius 2 is 1.67 bits per heavy atom. The van der Waals surface area contributed by atoms with E-state index in [0.717, 1.165) is 24.3 Å². The number of nitrogens with one attached hydrogen (secondary N) is 1. The van der Waals surface area contributed by atoms with Gasteiger partial charge in [-0.25, -0.2) is 4.79 Å². The van der Waals surface area contributed by atoms with Gasteiger partial charge >= 0.3 is 21.7 Å². The minimum atomic E-state index is -5.81. The van der Waals surface area contributed by atoms with Gasteiger partial charge in [-0.2, -0.15) is 21.6 Å². The minimum Gasteiger partial charge on any atom is -0.548 e. The molecule has 0 fully saturated rings. The lowest BCUT2D eigenvalue weighted by Crippen LogP contribution is -2.50. The van der Waals surface area contributed by atoms with Crippen molar-refractivity contribution in [3.8, 4) is 5.75 Å². The summed E-state index contributed by atoms with van der Waals surface area (Å²) < 4.78 is 67.5. The van der Waals surface area contributed by atoms with Crippen LogP contribution in [0.2, 0.25) is 0 Å². The second-order valence-corrected chi connectivity index (χ2v) is 7.89. The number of carbonyl (C=O) groups excluding carboxylic acids is 2. The first-order valence-electron chi connectivity index (χ1n) is 7.41. The highest BCUT2D eigenvalue weighted by atomic mass is 32.2. The number of carboxylic acids is 1. The largest absolute Gasteiger partial charge is 0.548 e. The molecule has 0 saturated heterocycles. The van der Waals surface area contributed by atoms with Crippen molar-refractivity contribution in [1.29, 1.82) is 0 Å². The predicted octanol–water partition coefficient (Wildman–Crippen LogP) is 1.10. The van der Waals surface area contributed by atoms with Crippen molar-refractivity contribution in [2.45, 2.75) is 44.3 Å². The summed E-state index contributed by atoms with van der Waals surface area (Å²) in [5.74, 6) is -2.22. The zero-order chi connectivity index (χ0) is 21.0. The number of alkyl halides is 3. The Morgan fingerprint density at radius 3 is 2.07 bits per heavy atom. The molecule has 8 nitrogen and oxygen atoms in total. The van der Waals surface area contributed by atoms with Gasteiger partial charge in [0.05, 0.1) is 12.0 Å². The lowest BCUT2D eigenvalue weighted by Gasteiger charge is -2.24. The highest BCUT2D eigenvalue weighted by Gasteiger charge is 2.48. The van der Waals surface area contributed by atoms with E-state index in [1.165, 1.54) is 0 Å². The van der Waals surface area contributed by atoms with Crippen LogP contribution in [0, 0.1) is 0 Å². The molecule has 0 spiro atoms. The predicted molar refractivity (Wildman–Crippen MR) is 83.9 cm³/mol. The fraction of sp³-hybridized carbons (Fsp3) is 0.467. The van der Waals surface area contributed by atoms with E-state index in [-0.39, 0.29) is 12.0 Å². The fourth-order valence-electron chi connectivity index (χ4n) is 1.73. The molecular formula is C15H17F3NO7S-. The average molecular weight is 412 g/mol. The Balaban J connectivity index is 2.82. The Bertz CT molecular complexity index is 783. The van der Waals surface area contributed by atoms with Gasteiger partial charge in [0.25, 0.3) is 0 Å². The quantitative estimate of drug-likeness (QED) is 0.548. The van der Waals surface area contributed by atoms with Crippen LogP contribution >= 0.6 is 0 Å². The summed E-state index contributed by atoms with van der Waals surface area (Å²) in [5, 5.41) is 13.3. The zero-order valence-electron chi connectivity index (χ0n) is 14.5. The molecule has 1 aromatic rings. The number of carbonyl (C=O) groups is 2. The van der Waals surface area contributed by atoms with Gasteiger partial charge < -0.3 is 24.1 Å². The third-order valence-electron chi connectivity index (χ3n) is 2.83.